The molecule has 0 aromatic heterocycles. The molecule has 0 aliphatic carbocycles. The topological polar surface area (TPSA) is 47.6 Å². The van der Waals surface area contributed by atoms with E-state index in [1.54, 1.807) is 18.2 Å². The summed E-state index contributed by atoms with van der Waals surface area (Å²) in [6, 6.07) is 5.11. The van der Waals surface area contributed by atoms with Crippen LogP contribution >= 0.6 is 23.2 Å². The van der Waals surface area contributed by atoms with E-state index in [1.165, 1.54) is 0 Å². The Balaban J connectivity index is 2.17. The standard InChI is InChI=1S/C14H17Cl2NO3/c1-2-14(8-15,9-16)17-13(18)10-3-4-11-12(7-10)20-6-5-19-11/h3-4,7H,2,5-6,8-9H2,1H3,(H,17,18). The molecule has 0 radical (unpaired) electrons. The molecule has 110 valence electrons. The zero-order chi connectivity index (χ0) is 14.6. The van der Waals surface area contributed by atoms with Crippen molar-refractivity contribution >= 4 is 29.1 Å². The maximum absolute atomic E-state index is 12.3. The molecule has 6 heteroatoms. The van der Waals surface area contributed by atoms with Gasteiger partial charge in [0.2, 0.25) is 0 Å². The number of hydrogen-bond donors (Lipinski definition) is 1. The van der Waals surface area contributed by atoms with E-state index in [0.717, 1.165) is 0 Å². The molecule has 1 heterocycles. The van der Waals surface area contributed by atoms with E-state index in [9.17, 15) is 4.79 Å². The second-order valence-electron chi connectivity index (χ2n) is 4.71. The molecule has 0 spiro atoms. The minimum Gasteiger partial charge on any atom is -0.486 e. The summed E-state index contributed by atoms with van der Waals surface area (Å²) in [4.78, 5) is 12.3. The predicted octanol–water partition coefficient (Wildman–Crippen LogP) is 2.81. The number of carbonyl (C=O) groups excluding carboxylic acids is 1. The smallest absolute Gasteiger partial charge is 0.251 e. The SMILES string of the molecule is CCC(CCl)(CCl)NC(=O)c1ccc2c(c1)OCCO2. The van der Waals surface area contributed by atoms with Gasteiger partial charge in [0, 0.05) is 17.3 Å². The Hall–Kier alpha value is -1.13. The second kappa shape index (κ2) is 6.55. The van der Waals surface area contributed by atoms with Crippen LogP contribution in [0.2, 0.25) is 0 Å². The fourth-order valence-corrected chi connectivity index (χ4v) is 2.67. The number of amides is 1. The largest absolute Gasteiger partial charge is 0.486 e. The van der Waals surface area contributed by atoms with Crippen LogP contribution in [-0.2, 0) is 0 Å². The van der Waals surface area contributed by atoms with Crippen LogP contribution in [0.25, 0.3) is 0 Å². The lowest BCUT2D eigenvalue weighted by Crippen LogP contribution is -2.51. The molecule has 0 saturated heterocycles. The van der Waals surface area contributed by atoms with E-state index in [0.29, 0.717) is 36.7 Å². The van der Waals surface area contributed by atoms with Crippen molar-refractivity contribution in [3.05, 3.63) is 23.8 Å². The summed E-state index contributed by atoms with van der Waals surface area (Å²) in [6.45, 7) is 2.95. The number of rotatable bonds is 5. The molecule has 4 nitrogen and oxygen atoms in total. The van der Waals surface area contributed by atoms with Crippen molar-refractivity contribution in [1.29, 1.82) is 0 Å². The monoisotopic (exact) mass is 317 g/mol. The van der Waals surface area contributed by atoms with Crippen molar-refractivity contribution in [2.45, 2.75) is 18.9 Å². The van der Waals surface area contributed by atoms with Crippen LogP contribution in [0, 0.1) is 0 Å². The number of fused-ring (bicyclic) bond motifs is 1. The summed E-state index contributed by atoms with van der Waals surface area (Å²) < 4.78 is 10.9. The lowest BCUT2D eigenvalue weighted by Gasteiger charge is -2.29. The highest BCUT2D eigenvalue weighted by atomic mass is 35.5. The normalized spacial score (nSPS) is 13.9. The summed E-state index contributed by atoms with van der Waals surface area (Å²) in [5, 5.41) is 2.90. The van der Waals surface area contributed by atoms with Gasteiger partial charge in [-0.15, -0.1) is 23.2 Å². The van der Waals surface area contributed by atoms with Gasteiger partial charge >= 0.3 is 0 Å². The van der Waals surface area contributed by atoms with Gasteiger partial charge in [0.25, 0.3) is 5.91 Å². The Morgan fingerprint density at radius 3 is 2.50 bits per heavy atom. The van der Waals surface area contributed by atoms with E-state index in [4.69, 9.17) is 32.7 Å². The van der Waals surface area contributed by atoms with Gasteiger partial charge in [0.1, 0.15) is 13.2 Å². The third-order valence-electron chi connectivity index (χ3n) is 3.37. The van der Waals surface area contributed by atoms with E-state index in [1.807, 2.05) is 6.92 Å². The Kier molecular flexibility index (Phi) is 5.00. The maximum Gasteiger partial charge on any atom is 0.251 e. The van der Waals surface area contributed by atoms with Gasteiger partial charge in [0.15, 0.2) is 11.5 Å². The molecule has 2 rings (SSSR count). The van der Waals surface area contributed by atoms with Crippen molar-refractivity contribution in [3.63, 3.8) is 0 Å². The average Bonchev–Trinajstić information content (AvgIpc) is 2.52. The maximum atomic E-state index is 12.3. The second-order valence-corrected chi connectivity index (χ2v) is 5.25. The van der Waals surface area contributed by atoms with Crippen molar-refractivity contribution in [2.75, 3.05) is 25.0 Å². The summed E-state index contributed by atoms with van der Waals surface area (Å²) in [6.07, 6.45) is 0.663. The fourth-order valence-electron chi connectivity index (χ4n) is 1.88. The molecule has 20 heavy (non-hydrogen) atoms. The van der Waals surface area contributed by atoms with Gasteiger partial charge in [-0.25, -0.2) is 0 Å². The molecule has 1 aromatic carbocycles. The summed E-state index contributed by atoms with van der Waals surface area (Å²) in [5.41, 5.74) is -0.0877. The van der Waals surface area contributed by atoms with Gasteiger partial charge in [-0.1, -0.05) is 6.92 Å². The first kappa shape index (κ1) is 15.3. The minimum absolute atomic E-state index is 0.217. The van der Waals surface area contributed by atoms with Gasteiger partial charge in [-0.2, -0.15) is 0 Å². The Bertz CT molecular complexity index is 481. The average molecular weight is 318 g/mol. The quantitative estimate of drug-likeness (QED) is 0.849. The molecule has 0 saturated carbocycles. The molecular formula is C14H17Cl2NO3. The Labute approximate surface area is 128 Å². The van der Waals surface area contributed by atoms with Crippen LogP contribution < -0.4 is 14.8 Å². The highest BCUT2D eigenvalue weighted by Crippen LogP contribution is 2.31. The van der Waals surface area contributed by atoms with Crippen molar-refractivity contribution in [2.24, 2.45) is 0 Å². The van der Waals surface area contributed by atoms with Gasteiger partial charge < -0.3 is 14.8 Å². The molecular weight excluding hydrogens is 301 g/mol. The molecule has 1 amide bonds. The van der Waals surface area contributed by atoms with Gasteiger partial charge in [0.05, 0.1) is 5.54 Å². The van der Waals surface area contributed by atoms with E-state index >= 15 is 0 Å². The Morgan fingerprint density at radius 1 is 1.25 bits per heavy atom. The summed E-state index contributed by atoms with van der Waals surface area (Å²) in [5.74, 6) is 1.56. The van der Waals surface area contributed by atoms with Gasteiger partial charge in [-0.05, 0) is 24.6 Å². The third-order valence-corrected chi connectivity index (χ3v) is 4.39. The lowest BCUT2D eigenvalue weighted by atomic mass is 10.0. The lowest BCUT2D eigenvalue weighted by molar-refractivity contribution is 0.0912. The van der Waals surface area contributed by atoms with Crippen LogP contribution in [0.15, 0.2) is 18.2 Å². The molecule has 1 aromatic rings. The number of benzene rings is 1. The minimum atomic E-state index is -0.590. The molecule has 0 atom stereocenters. The molecule has 1 aliphatic rings. The van der Waals surface area contributed by atoms with Crippen LogP contribution in [0.3, 0.4) is 0 Å². The van der Waals surface area contributed by atoms with Crippen molar-refractivity contribution < 1.29 is 14.3 Å². The van der Waals surface area contributed by atoms with Crippen LogP contribution in [0.5, 0.6) is 11.5 Å². The van der Waals surface area contributed by atoms with Crippen LogP contribution in [-0.4, -0.2) is 36.4 Å². The number of nitrogens with one attached hydrogen (secondary N) is 1. The van der Waals surface area contributed by atoms with Crippen molar-refractivity contribution in [3.8, 4) is 11.5 Å². The van der Waals surface area contributed by atoms with Gasteiger partial charge in [-0.3, -0.25) is 4.79 Å². The van der Waals surface area contributed by atoms with E-state index < -0.39 is 5.54 Å². The summed E-state index contributed by atoms with van der Waals surface area (Å²) in [7, 11) is 0. The molecule has 1 N–H and O–H groups in total. The highest BCUT2D eigenvalue weighted by Gasteiger charge is 2.29. The highest BCUT2D eigenvalue weighted by molar-refractivity contribution is 6.22. The van der Waals surface area contributed by atoms with Crippen molar-refractivity contribution in [1.82, 2.24) is 5.32 Å². The number of halogens is 2. The summed E-state index contributed by atoms with van der Waals surface area (Å²) >= 11 is 11.9. The third kappa shape index (κ3) is 3.13. The zero-order valence-electron chi connectivity index (χ0n) is 11.2. The first-order chi connectivity index (χ1) is 9.64. The molecule has 0 bridgehead atoms. The van der Waals surface area contributed by atoms with E-state index in [2.05, 4.69) is 5.32 Å². The molecule has 0 unspecified atom stereocenters. The molecule has 0 fully saturated rings. The number of hydrogen-bond acceptors (Lipinski definition) is 3. The predicted molar refractivity (Wildman–Crippen MR) is 79.4 cm³/mol. The first-order valence-electron chi connectivity index (χ1n) is 6.48. The van der Waals surface area contributed by atoms with Crippen LogP contribution in [0.4, 0.5) is 0 Å². The Morgan fingerprint density at radius 2 is 1.90 bits per heavy atom. The fraction of sp³-hybridized carbons (Fsp3) is 0.500. The molecule has 1 aliphatic heterocycles. The van der Waals surface area contributed by atoms with E-state index in [-0.39, 0.29) is 17.7 Å². The zero-order valence-corrected chi connectivity index (χ0v) is 12.8. The number of alkyl halides is 2. The number of carbonyl (C=O) groups is 1. The first-order valence-corrected chi connectivity index (χ1v) is 7.55. The van der Waals surface area contributed by atoms with Crippen LogP contribution in [0.1, 0.15) is 23.7 Å². The number of ether oxygens (including phenoxy) is 2.